The molecule has 2 rings (SSSR count). The summed E-state index contributed by atoms with van der Waals surface area (Å²) in [5.41, 5.74) is 2.16. The third-order valence-electron chi connectivity index (χ3n) is 3.55. The van der Waals surface area contributed by atoms with E-state index in [2.05, 4.69) is 25.2 Å². The number of aryl methyl sites for hydroxylation is 1. The van der Waals surface area contributed by atoms with Crippen molar-refractivity contribution in [2.45, 2.75) is 26.9 Å². The van der Waals surface area contributed by atoms with Crippen LogP contribution in [0.4, 0.5) is 5.69 Å². The van der Waals surface area contributed by atoms with E-state index in [-0.39, 0.29) is 6.10 Å². The smallest absolute Gasteiger partial charge is 0.122 e. The standard InChI is InChI=1S/C20H27NO3/c1-4-22-12-13-23-19-10-7-9-18(14-19)21-15-17(3)24-20-11-6-5-8-16(20)2/h5-11,14,17,21H,4,12-13,15H2,1-3H3. The molecule has 1 unspecified atom stereocenters. The van der Waals surface area contributed by atoms with Gasteiger partial charge in [0.15, 0.2) is 0 Å². The third kappa shape index (κ3) is 6.13. The summed E-state index contributed by atoms with van der Waals surface area (Å²) >= 11 is 0. The lowest BCUT2D eigenvalue weighted by Gasteiger charge is -2.18. The fourth-order valence-electron chi connectivity index (χ4n) is 2.27. The summed E-state index contributed by atoms with van der Waals surface area (Å²) in [4.78, 5) is 0. The van der Waals surface area contributed by atoms with Gasteiger partial charge in [-0.2, -0.15) is 0 Å². The van der Waals surface area contributed by atoms with Crippen LogP contribution in [0.1, 0.15) is 19.4 Å². The van der Waals surface area contributed by atoms with Crippen molar-refractivity contribution in [3.8, 4) is 11.5 Å². The molecular weight excluding hydrogens is 302 g/mol. The van der Waals surface area contributed by atoms with Crippen molar-refractivity contribution in [2.24, 2.45) is 0 Å². The second kappa shape index (κ2) is 9.83. The summed E-state index contributed by atoms with van der Waals surface area (Å²) in [6, 6.07) is 16.0. The van der Waals surface area contributed by atoms with Crippen LogP contribution in [0.3, 0.4) is 0 Å². The first-order valence-electron chi connectivity index (χ1n) is 8.45. The predicted molar refractivity (Wildman–Crippen MR) is 98.2 cm³/mol. The zero-order chi connectivity index (χ0) is 17.2. The van der Waals surface area contributed by atoms with E-state index in [4.69, 9.17) is 14.2 Å². The maximum atomic E-state index is 5.98. The summed E-state index contributed by atoms with van der Waals surface area (Å²) in [7, 11) is 0. The molecule has 4 nitrogen and oxygen atoms in total. The molecule has 2 aromatic carbocycles. The Balaban J connectivity index is 1.80. The molecular formula is C20H27NO3. The molecule has 1 atom stereocenters. The minimum Gasteiger partial charge on any atom is -0.491 e. The normalized spacial score (nSPS) is 11.8. The van der Waals surface area contributed by atoms with Gasteiger partial charge in [0, 0.05) is 18.4 Å². The first-order chi connectivity index (χ1) is 11.7. The number of rotatable bonds is 10. The highest BCUT2D eigenvalue weighted by atomic mass is 16.5. The number of hydrogen-bond acceptors (Lipinski definition) is 4. The fraction of sp³-hybridized carbons (Fsp3) is 0.400. The van der Waals surface area contributed by atoms with Crippen molar-refractivity contribution in [1.82, 2.24) is 0 Å². The molecule has 0 amide bonds. The highest BCUT2D eigenvalue weighted by Crippen LogP contribution is 2.19. The Morgan fingerprint density at radius 1 is 1.04 bits per heavy atom. The molecule has 0 saturated carbocycles. The van der Waals surface area contributed by atoms with Gasteiger partial charge in [0.2, 0.25) is 0 Å². The largest absolute Gasteiger partial charge is 0.491 e. The average Bonchev–Trinajstić information content (AvgIpc) is 2.59. The van der Waals surface area contributed by atoms with Crippen LogP contribution in [0.5, 0.6) is 11.5 Å². The number of nitrogens with one attached hydrogen (secondary N) is 1. The number of hydrogen-bond donors (Lipinski definition) is 1. The van der Waals surface area contributed by atoms with Crippen LogP contribution >= 0.6 is 0 Å². The molecule has 0 aliphatic carbocycles. The van der Waals surface area contributed by atoms with Crippen molar-refractivity contribution in [1.29, 1.82) is 0 Å². The van der Waals surface area contributed by atoms with Crippen molar-refractivity contribution in [3.05, 3.63) is 54.1 Å². The van der Waals surface area contributed by atoms with Gasteiger partial charge in [-0.1, -0.05) is 24.3 Å². The third-order valence-corrected chi connectivity index (χ3v) is 3.55. The van der Waals surface area contributed by atoms with Crippen molar-refractivity contribution in [3.63, 3.8) is 0 Å². The second-order valence-electron chi connectivity index (χ2n) is 5.65. The molecule has 0 fully saturated rings. The van der Waals surface area contributed by atoms with E-state index >= 15 is 0 Å². The van der Waals surface area contributed by atoms with E-state index in [1.807, 2.05) is 49.4 Å². The maximum absolute atomic E-state index is 5.98. The molecule has 0 aliphatic heterocycles. The Labute approximate surface area is 144 Å². The minimum absolute atomic E-state index is 0.0635. The molecule has 130 valence electrons. The average molecular weight is 329 g/mol. The van der Waals surface area contributed by atoms with Crippen LogP contribution in [-0.2, 0) is 4.74 Å². The van der Waals surface area contributed by atoms with Gasteiger partial charge in [-0.05, 0) is 44.5 Å². The van der Waals surface area contributed by atoms with Gasteiger partial charge in [-0.15, -0.1) is 0 Å². The lowest BCUT2D eigenvalue weighted by molar-refractivity contribution is 0.110. The van der Waals surface area contributed by atoms with Crippen molar-refractivity contribution >= 4 is 5.69 Å². The molecule has 0 saturated heterocycles. The van der Waals surface area contributed by atoms with Gasteiger partial charge >= 0.3 is 0 Å². The Morgan fingerprint density at radius 2 is 1.88 bits per heavy atom. The zero-order valence-corrected chi connectivity index (χ0v) is 14.7. The quantitative estimate of drug-likeness (QED) is 0.660. The number of anilines is 1. The van der Waals surface area contributed by atoms with Crippen molar-refractivity contribution in [2.75, 3.05) is 31.7 Å². The summed E-state index contributed by atoms with van der Waals surface area (Å²) < 4.78 is 16.9. The first-order valence-corrected chi connectivity index (χ1v) is 8.45. The molecule has 2 aromatic rings. The summed E-state index contributed by atoms with van der Waals surface area (Å²) in [6.07, 6.45) is 0.0635. The van der Waals surface area contributed by atoms with Gasteiger partial charge in [0.1, 0.15) is 24.2 Å². The van der Waals surface area contributed by atoms with Gasteiger partial charge in [-0.3, -0.25) is 0 Å². The molecule has 0 aromatic heterocycles. The monoisotopic (exact) mass is 329 g/mol. The zero-order valence-electron chi connectivity index (χ0n) is 14.7. The minimum atomic E-state index is 0.0635. The Bertz CT molecular complexity index is 615. The maximum Gasteiger partial charge on any atom is 0.122 e. The molecule has 24 heavy (non-hydrogen) atoms. The van der Waals surface area contributed by atoms with Crippen LogP contribution in [0.25, 0.3) is 0 Å². The highest BCUT2D eigenvalue weighted by molar-refractivity contribution is 5.48. The number of ether oxygens (including phenoxy) is 3. The van der Waals surface area contributed by atoms with Crippen LogP contribution in [0, 0.1) is 6.92 Å². The topological polar surface area (TPSA) is 39.7 Å². The van der Waals surface area contributed by atoms with Crippen LogP contribution in [-0.4, -0.2) is 32.5 Å². The van der Waals surface area contributed by atoms with E-state index in [0.717, 1.165) is 29.3 Å². The predicted octanol–water partition coefficient (Wildman–Crippen LogP) is 4.29. The molecule has 0 bridgehead atoms. The van der Waals surface area contributed by atoms with Crippen LogP contribution in [0.2, 0.25) is 0 Å². The van der Waals surface area contributed by atoms with Crippen LogP contribution in [0.15, 0.2) is 48.5 Å². The lowest BCUT2D eigenvalue weighted by atomic mass is 10.2. The Kier molecular flexibility index (Phi) is 7.43. The molecule has 0 radical (unpaired) electrons. The summed E-state index contributed by atoms with van der Waals surface area (Å²) in [5, 5.41) is 3.39. The summed E-state index contributed by atoms with van der Waals surface area (Å²) in [6.45, 7) is 8.69. The summed E-state index contributed by atoms with van der Waals surface area (Å²) in [5.74, 6) is 1.77. The highest BCUT2D eigenvalue weighted by Gasteiger charge is 2.06. The Morgan fingerprint density at radius 3 is 2.67 bits per heavy atom. The molecule has 1 N–H and O–H groups in total. The van der Waals surface area contributed by atoms with Gasteiger partial charge < -0.3 is 19.5 Å². The number of benzene rings is 2. The van der Waals surface area contributed by atoms with Crippen LogP contribution < -0.4 is 14.8 Å². The Hall–Kier alpha value is -2.20. The second-order valence-corrected chi connectivity index (χ2v) is 5.65. The van der Waals surface area contributed by atoms with E-state index in [0.29, 0.717) is 19.8 Å². The number of para-hydroxylation sites is 1. The van der Waals surface area contributed by atoms with E-state index in [1.54, 1.807) is 0 Å². The molecule has 0 heterocycles. The molecule has 0 aliphatic rings. The van der Waals surface area contributed by atoms with Gasteiger partial charge in [0.05, 0.1) is 13.2 Å². The van der Waals surface area contributed by atoms with E-state index in [9.17, 15) is 0 Å². The first kappa shape index (κ1) is 18.1. The molecule has 4 heteroatoms. The van der Waals surface area contributed by atoms with Gasteiger partial charge in [-0.25, -0.2) is 0 Å². The van der Waals surface area contributed by atoms with E-state index < -0.39 is 0 Å². The fourth-order valence-corrected chi connectivity index (χ4v) is 2.27. The van der Waals surface area contributed by atoms with E-state index in [1.165, 1.54) is 0 Å². The van der Waals surface area contributed by atoms with Gasteiger partial charge in [0.25, 0.3) is 0 Å². The molecule has 0 spiro atoms. The SMILES string of the molecule is CCOCCOc1cccc(NCC(C)Oc2ccccc2C)c1. The lowest BCUT2D eigenvalue weighted by Crippen LogP contribution is -2.23. The van der Waals surface area contributed by atoms with Crippen molar-refractivity contribution < 1.29 is 14.2 Å².